The van der Waals surface area contributed by atoms with Gasteiger partial charge >= 0.3 is 6.03 Å². The molecule has 0 spiro atoms. The van der Waals surface area contributed by atoms with Gasteiger partial charge in [-0.05, 0) is 19.4 Å². The molecule has 3 amide bonds. The van der Waals surface area contributed by atoms with Crippen LogP contribution in [0.4, 0.5) is 10.5 Å². The molecule has 2 heterocycles. The molecule has 0 saturated carbocycles. The Kier molecular flexibility index (Phi) is 7.85. The largest absolute Gasteiger partial charge is 0.496 e. The van der Waals surface area contributed by atoms with E-state index in [0.717, 1.165) is 39.1 Å². The summed E-state index contributed by atoms with van der Waals surface area (Å²) in [6.45, 7) is 7.29. The molecule has 31 heavy (non-hydrogen) atoms. The van der Waals surface area contributed by atoms with Gasteiger partial charge in [0.2, 0.25) is 0 Å². The zero-order valence-electron chi connectivity index (χ0n) is 18.4. The third-order valence-corrected chi connectivity index (χ3v) is 6.40. The van der Waals surface area contributed by atoms with E-state index in [2.05, 4.69) is 10.2 Å². The molecule has 0 aliphatic carbocycles. The molecule has 2 atom stereocenters. The first-order valence-corrected chi connectivity index (χ1v) is 11.0. The summed E-state index contributed by atoms with van der Waals surface area (Å²) in [6.07, 6.45) is 0.582. The first-order valence-electron chi connectivity index (χ1n) is 10.6. The predicted molar refractivity (Wildman–Crippen MR) is 120 cm³/mol. The lowest BCUT2D eigenvalue weighted by molar-refractivity contribution is 0.00513. The van der Waals surface area contributed by atoms with Crippen molar-refractivity contribution in [2.24, 2.45) is 0 Å². The van der Waals surface area contributed by atoms with Crippen molar-refractivity contribution in [3.63, 3.8) is 0 Å². The average Bonchev–Trinajstić information content (AvgIpc) is 3.13. The fraction of sp³-hybridized carbons (Fsp3) is 0.619. The molecule has 2 unspecified atom stereocenters. The lowest BCUT2D eigenvalue weighted by Crippen LogP contribution is -2.55. The Morgan fingerprint density at radius 2 is 1.97 bits per heavy atom. The molecule has 2 saturated heterocycles. The second kappa shape index (κ2) is 10.4. The van der Waals surface area contributed by atoms with Gasteiger partial charge in [0.25, 0.3) is 5.91 Å². The first-order chi connectivity index (χ1) is 14.9. The Hall–Kier alpha value is -2.23. The number of nitrogen functional groups attached to an aromatic ring is 1. The molecule has 2 aliphatic heterocycles. The topological polar surface area (TPSA) is 100 Å². The fourth-order valence-corrected chi connectivity index (χ4v) is 4.31. The number of benzene rings is 1. The minimum atomic E-state index is -0.276. The number of hydrogen-bond donors (Lipinski definition) is 2. The third-order valence-electron chi connectivity index (χ3n) is 6.07. The molecule has 2 aliphatic rings. The molecule has 3 rings (SSSR count). The number of carbonyl (C=O) groups is 2. The van der Waals surface area contributed by atoms with Gasteiger partial charge in [-0.2, -0.15) is 0 Å². The monoisotopic (exact) mass is 453 g/mol. The van der Waals surface area contributed by atoms with Crippen LogP contribution in [0.5, 0.6) is 5.75 Å². The Bertz CT molecular complexity index is 808. The second-order valence-electron chi connectivity index (χ2n) is 7.87. The van der Waals surface area contributed by atoms with Gasteiger partial charge in [-0.25, -0.2) is 4.79 Å². The summed E-state index contributed by atoms with van der Waals surface area (Å²) < 4.78 is 11.0. The van der Waals surface area contributed by atoms with Crippen LogP contribution in [-0.4, -0.2) is 98.8 Å². The maximum atomic E-state index is 12.9. The van der Waals surface area contributed by atoms with Crippen molar-refractivity contribution in [1.82, 2.24) is 20.0 Å². The van der Waals surface area contributed by atoms with Crippen molar-refractivity contribution in [3.8, 4) is 5.75 Å². The summed E-state index contributed by atoms with van der Waals surface area (Å²) >= 11 is 6.10. The van der Waals surface area contributed by atoms with Gasteiger partial charge < -0.3 is 30.3 Å². The smallest absolute Gasteiger partial charge is 0.320 e. The lowest BCUT2D eigenvalue weighted by atomic mass is 10.0. The second-order valence-corrected chi connectivity index (χ2v) is 8.27. The highest BCUT2D eigenvalue weighted by Gasteiger charge is 2.32. The predicted octanol–water partition coefficient (Wildman–Crippen LogP) is 1.51. The molecule has 3 N–H and O–H groups in total. The molecular weight excluding hydrogens is 422 g/mol. The van der Waals surface area contributed by atoms with Gasteiger partial charge in [-0.3, -0.25) is 9.69 Å². The van der Waals surface area contributed by atoms with Crippen LogP contribution in [-0.2, 0) is 4.74 Å². The number of anilines is 1. The molecule has 172 valence electrons. The van der Waals surface area contributed by atoms with Crippen molar-refractivity contribution < 1.29 is 19.1 Å². The molecule has 1 aromatic carbocycles. The highest BCUT2D eigenvalue weighted by molar-refractivity contribution is 6.33. The Morgan fingerprint density at radius 3 is 2.61 bits per heavy atom. The van der Waals surface area contributed by atoms with E-state index in [4.69, 9.17) is 26.8 Å². The minimum absolute atomic E-state index is 0.115. The maximum Gasteiger partial charge on any atom is 0.320 e. The minimum Gasteiger partial charge on any atom is -0.496 e. The number of halogens is 1. The van der Waals surface area contributed by atoms with Gasteiger partial charge in [-0.1, -0.05) is 11.6 Å². The van der Waals surface area contributed by atoms with Crippen molar-refractivity contribution in [2.75, 3.05) is 65.8 Å². The average molecular weight is 454 g/mol. The number of likely N-dealkylation sites (N-methyl/N-ethyl adjacent to an activating group) is 1. The van der Waals surface area contributed by atoms with Crippen molar-refractivity contribution in [1.29, 1.82) is 0 Å². The quantitative estimate of drug-likeness (QED) is 0.579. The van der Waals surface area contributed by atoms with Crippen LogP contribution in [0.15, 0.2) is 12.1 Å². The van der Waals surface area contributed by atoms with Crippen LogP contribution in [0, 0.1) is 0 Å². The van der Waals surface area contributed by atoms with Crippen molar-refractivity contribution in [3.05, 3.63) is 22.7 Å². The van der Waals surface area contributed by atoms with Crippen LogP contribution in [0.3, 0.4) is 0 Å². The summed E-state index contributed by atoms with van der Waals surface area (Å²) in [5.41, 5.74) is 6.51. The Balaban J connectivity index is 1.56. The van der Waals surface area contributed by atoms with E-state index in [1.165, 1.54) is 13.2 Å². The molecule has 10 heteroatoms. The van der Waals surface area contributed by atoms with Crippen LogP contribution in [0.1, 0.15) is 23.7 Å². The van der Waals surface area contributed by atoms with E-state index in [9.17, 15) is 9.59 Å². The summed E-state index contributed by atoms with van der Waals surface area (Å²) in [5, 5.41) is 3.36. The summed E-state index contributed by atoms with van der Waals surface area (Å²) in [5.74, 6) is 0.101. The van der Waals surface area contributed by atoms with Gasteiger partial charge in [0.1, 0.15) is 5.75 Å². The van der Waals surface area contributed by atoms with E-state index in [-0.39, 0.29) is 24.1 Å². The van der Waals surface area contributed by atoms with Gasteiger partial charge in [-0.15, -0.1) is 0 Å². The van der Waals surface area contributed by atoms with E-state index < -0.39 is 0 Å². The number of likely N-dealkylation sites (tertiary alicyclic amines) is 1. The zero-order valence-corrected chi connectivity index (χ0v) is 19.2. The first kappa shape index (κ1) is 23.4. The number of hydrogen-bond acceptors (Lipinski definition) is 6. The van der Waals surface area contributed by atoms with Crippen LogP contribution in [0.2, 0.25) is 5.02 Å². The molecule has 9 nitrogen and oxygen atoms in total. The van der Waals surface area contributed by atoms with E-state index in [1.807, 2.05) is 16.7 Å². The Morgan fingerprint density at radius 1 is 1.23 bits per heavy atom. The van der Waals surface area contributed by atoms with Crippen molar-refractivity contribution >= 4 is 29.2 Å². The number of nitrogens with zero attached hydrogens (tertiary/aromatic N) is 3. The normalized spacial score (nSPS) is 22.1. The summed E-state index contributed by atoms with van der Waals surface area (Å²) in [4.78, 5) is 31.2. The van der Waals surface area contributed by atoms with Gasteiger partial charge in [0, 0.05) is 59.0 Å². The number of piperidine rings is 1. The SMILES string of the molecule is CCN1CCN(CCN2CCC(NC(=O)c3cc(Cl)c(N)cc3OC)C(OC)C2)C1=O. The number of rotatable bonds is 8. The van der Waals surface area contributed by atoms with Crippen molar-refractivity contribution in [2.45, 2.75) is 25.5 Å². The van der Waals surface area contributed by atoms with Crippen LogP contribution in [0.25, 0.3) is 0 Å². The number of nitrogens with one attached hydrogen (secondary N) is 1. The summed E-state index contributed by atoms with van der Waals surface area (Å²) in [6, 6.07) is 3.05. The number of nitrogens with two attached hydrogens (primary N) is 1. The lowest BCUT2D eigenvalue weighted by Gasteiger charge is -2.38. The molecule has 1 aromatic rings. The molecule has 0 aromatic heterocycles. The molecule has 0 bridgehead atoms. The number of amides is 3. The van der Waals surface area contributed by atoms with E-state index in [1.54, 1.807) is 13.2 Å². The summed E-state index contributed by atoms with van der Waals surface area (Å²) in [7, 11) is 3.14. The van der Waals surface area contributed by atoms with E-state index >= 15 is 0 Å². The molecular formula is C21H32ClN5O4. The van der Waals surface area contributed by atoms with Gasteiger partial charge in [0.05, 0.1) is 35.5 Å². The molecule has 2 fully saturated rings. The Labute approximate surface area is 188 Å². The number of ether oxygens (including phenoxy) is 2. The highest BCUT2D eigenvalue weighted by Crippen LogP contribution is 2.29. The zero-order chi connectivity index (χ0) is 22.5. The third kappa shape index (κ3) is 5.34. The van der Waals surface area contributed by atoms with Crippen LogP contribution < -0.4 is 15.8 Å². The maximum absolute atomic E-state index is 12.9. The van der Waals surface area contributed by atoms with Gasteiger partial charge in [0.15, 0.2) is 0 Å². The van der Waals surface area contributed by atoms with Crippen LogP contribution >= 0.6 is 11.6 Å². The fourth-order valence-electron chi connectivity index (χ4n) is 4.14. The highest BCUT2D eigenvalue weighted by atomic mass is 35.5. The number of urea groups is 1. The number of carbonyl (C=O) groups excluding carboxylic acids is 2. The number of methoxy groups -OCH3 is 2. The molecule has 0 radical (unpaired) electrons. The standard InChI is InChI=1S/C21H32ClN5O4/c1-4-26-9-10-27(21(26)29)8-7-25-6-5-17(19(13-25)31-3)24-20(28)14-11-15(22)16(23)12-18(14)30-2/h11-12,17,19H,4-10,13,23H2,1-3H3,(H,24,28). The van der Waals surface area contributed by atoms with E-state index in [0.29, 0.717) is 35.1 Å².